The van der Waals surface area contributed by atoms with Crippen LogP contribution in [0.15, 0.2) is 79.3 Å². The molecule has 6 rings (SSSR count). The van der Waals surface area contributed by atoms with E-state index in [1.165, 1.54) is 27.1 Å². The van der Waals surface area contributed by atoms with E-state index in [-0.39, 0.29) is 0 Å². The van der Waals surface area contributed by atoms with E-state index in [0.29, 0.717) is 23.0 Å². The van der Waals surface area contributed by atoms with Gasteiger partial charge in [-0.25, -0.2) is 19.3 Å². The molecule has 2 N–H and O–H groups in total. The normalized spacial score (nSPS) is 14.7. The lowest BCUT2D eigenvalue weighted by Gasteiger charge is -2.23. The molecule has 0 saturated carbocycles. The summed E-state index contributed by atoms with van der Waals surface area (Å²) in [5, 5.41) is 11.3. The maximum Gasteiger partial charge on any atom is 0.341 e. The number of carbonyl (C=O) groups is 1. The SMILES string of the molecule is COC(=O)c1ccc(Nc2cccc(-c3cc(Nc4cccc(N5CCCC5C)n4)c4ncnn4c3)c2)cc1OC. The Hall–Kier alpha value is -5.12. The van der Waals surface area contributed by atoms with Crippen molar-refractivity contribution >= 4 is 40.3 Å². The number of hydrogen-bond acceptors (Lipinski definition) is 9. The van der Waals surface area contributed by atoms with Crippen LogP contribution in [-0.2, 0) is 4.74 Å². The molecule has 0 aliphatic carbocycles. The molecule has 1 fully saturated rings. The number of esters is 1. The van der Waals surface area contributed by atoms with Crippen LogP contribution in [0, 0.1) is 0 Å². The van der Waals surface area contributed by atoms with Crippen molar-refractivity contribution in [1.29, 1.82) is 0 Å². The predicted molar refractivity (Wildman–Crippen MR) is 160 cm³/mol. The van der Waals surface area contributed by atoms with Crippen LogP contribution in [-0.4, -0.2) is 52.4 Å². The second kappa shape index (κ2) is 11.2. The molecule has 2 aromatic carbocycles. The number of fused-ring (bicyclic) bond motifs is 1. The Kier molecular flexibility index (Phi) is 7.11. The standard InChI is InChI=1S/C31H31N7O3/c1-20-7-6-14-37(20)29-11-5-10-28(36-29)35-26-16-22(18-38-30(26)32-19-33-38)21-8-4-9-23(15-21)34-24-12-13-25(31(39)41-3)27(17-24)40-2/h4-5,8-13,15-20,34H,6-7,14H2,1-3H3,(H,35,36). The molecule has 1 aliphatic heterocycles. The van der Waals surface area contributed by atoms with Gasteiger partial charge in [0.15, 0.2) is 5.65 Å². The molecule has 0 radical (unpaired) electrons. The molecule has 208 valence electrons. The van der Waals surface area contributed by atoms with E-state index < -0.39 is 5.97 Å². The van der Waals surface area contributed by atoms with Crippen LogP contribution in [0.4, 0.5) is 28.7 Å². The molecule has 5 aromatic rings. The quantitative estimate of drug-likeness (QED) is 0.223. The summed E-state index contributed by atoms with van der Waals surface area (Å²) in [6.07, 6.45) is 5.87. The maximum absolute atomic E-state index is 12.0. The van der Waals surface area contributed by atoms with Crippen LogP contribution in [0.25, 0.3) is 16.8 Å². The second-order valence-electron chi connectivity index (χ2n) is 9.97. The Morgan fingerprint density at radius 1 is 0.976 bits per heavy atom. The highest BCUT2D eigenvalue weighted by atomic mass is 16.5. The van der Waals surface area contributed by atoms with Gasteiger partial charge in [0.05, 0.1) is 19.9 Å². The molecule has 10 nitrogen and oxygen atoms in total. The van der Waals surface area contributed by atoms with Crippen LogP contribution in [0.3, 0.4) is 0 Å². The first-order valence-corrected chi connectivity index (χ1v) is 13.5. The second-order valence-corrected chi connectivity index (χ2v) is 9.97. The fraction of sp³-hybridized carbons (Fsp3) is 0.226. The van der Waals surface area contributed by atoms with Gasteiger partial charge in [-0.2, -0.15) is 5.10 Å². The molecule has 10 heteroatoms. The molecule has 1 saturated heterocycles. The van der Waals surface area contributed by atoms with Crippen LogP contribution in [0.5, 0.6) is 5.75 Å². The molecule has 0 amide bonds. The molecule has 1 aliphatic rings. The van der Waals surface area contributed by atoms with E-state index in [2.05, 4.69) is 50.7 Å². The summed E-state index contributed by atoms with van der Waals surface area (Å²) < 4.78 is 12.0. The number of methoxy groups -OCH3 is 2. The number of rotatable bonds is 8. The minimum atomic E-state index is -0.448. The van der Waals surface area contributed by atoms with Gasteiger partial charge in [-0.3, -0.25) is 0 Å². The van der Waals surface area contributed by atoms with Gasteiger partial charge in [0.25, 0.3) is 0 Å². The summed E-state index contributed by atoms with van der Waals surface area (Å²) in [5.41, 5.74) is 5.48. The van der Waals surface area contributed by atoms with Crippen molar-refractivity contribution in [2.75, 3.05) is 36.3 Å². The number of anilines is 5. The minimum Gasteiger partial charge on any atom is -0.496 e. The van der Waals surface area contributed by atoms with Gasteiger partial charge >= 0.3 is 5.97 Å². The van der Waals surface area contributed by atoms with E-state index in [4.69, 9.17) is 14.5 Å². The van der Waals surface area contributed by atoms with Gasteiger partial charge in [-0.05, 0) is 67.8 Å². The van der Waals surface area contributed by atoms with Crippen molar-refractivity contribution in [1.82, 2.24) is 19.6 Å². The highest BCUT2D eigenvalue weighted by molar-refractivity contribution is 5.93. The third kappa shape index (κ3) is 5.36. The van der Waals surface area contributed by atoms with Crippen molar-refractivity contribution in [2.45, 2.75) is 25.8 Å². The zero-order chi connectivity index (χ0) is 28.3. The summed E-state index contributed by atoms with van der Waals surface area (Å²) in [4.78, 5) is 23.7. The molecule has 0 spiro atoms. The number of aromatic nitrogens is 4. The molecule has 1 atom stereocenters. The molecular formula is C31H31N7O3. The third-order valence-electron chi connectivity index (χ3n) is 7.31. The third-order valence-corrected chi connectivity index (χ3v) is 7.31. The zero-order valence-corrected chi connectivity index (χ0v) is 23.2. The zero-order valence-electron chi connectivity index (χ0n) is 23.2. The van der Waals surface area contributed by atoms with Gasteiger partial charge < -0.3 is 25.0 Å². The minimum absolute atomic E-state index is 0.366. The van der Waals surface area contributed by atoms with Gasteiger partial charge in [0.2, 0.25) is 0 Å². The summed E-state index contributed by atoms with van der Waals surface area (Å²) in [5.74, 6) is 1.71. The fourth-order valence-electron chi connectivity index (χ4n) is 5.23. The molecule has 3 aromatic heterocycles. The van der Waals surface area contributed by atoms with Crippen molar-refractivity contribution in [3.05, 3.63) is 84.8 Å². The maximum atomic E-state index is 12.0. The number of carbonyl (C=O) groups excluding carboxylic acids is 1. The van der Waals surface area contributed by atoms with Gasteiger partial charge in [-0.1, -0.05) is 18.2 Å². The summed E-state index contributed by atoms with van der Waals surface area (Å²) in [6, 6.07) is 21.9. The van der Waals surface area contributed by atoms with E-state index >= 15 is 0 Å². The molecular weight excluding hydrogens is 518 g/mol. The van der Waals surface area contributed by atoms with Crippen molar-refractivity contribution in [3.63, 3.8) is 0 Å². The van der Waals surface area contributed by atoms with Gasteiger partial charge in [-0.15, -0.1) is 0 Å². The average molecular weight is 550 g/mol. The summed E-state index contributed by atoms with van der Waals surface area (Å²) in [7, 11) is 2.87. The van der Waals surface area contributed by atoms with E-state index in [9.17, 15) is 4.79 Å². The first kappa shape index (κ1) is 26.1. The Morgan fingerprint density at radius 3 is 2.63 bits per heavy atom. The highest BCUT2D eigenvalue weighted by Gasteiger charge is 2.22. The van der Waals surface area contributed by atoms with Gasteiger partial charge in [0, 0.05) is 41.8 Å². The molecule has 0 bridgehead atoms. The lowest BCUT2D eigenvalue weighted by atomic mass is 10.1. The molecule has 1 unspecified atom stereocenters. The Bertz CT molecular complexity index is 1720. The topological polar surface area (TPSA) is 106 Å². The molecule has 41 heavy (non-hydrogen) atoms. The van der Waals surface area contributed by atoms with Crippen LogP contribution in [0.2, 0.25) is 0 Å². The van der Waals surface area contributed by atoms with Crippen molar-refractivity contribution in [2.24, 2.45) is 0 Å². The van der Waals surface area contributed by atoms with Crippen LogP contribution < -0.4 is 20.3 Å². The van der Waals surface area contributed by atoms with Crippen LogP contribution in [0.1, 0.15) is 30.1 Å². The van der Waals surface area contributed by atoms with Crippen molar-refractivity contribution < 1.29 is 14.3 Å². The number of nitrogens with one attached hydrogen (secondary N) is 2. The Balaban J connectivity index is 1.29. The van der Waals surface area contributed by atoms with Crippen molar-refractivity contribution in [3.8, 4) is 16.9 Å². The first-order chi connectivity index (χ1) is 20.0. The smallest absolute Gasteiger partial charge is 0.341 e. The van der Waals surface area contributed by atoms with E-state index in [0.717, 1.165) is 46.4 Å². The Labute approximate surface area is 238 Å². The largest absolute Gasteiger partial charge is 0.496 e. The number of benzene rings is 2. The monoisotopic (exact) mass is 549 g/mol. The fourth-order valence-corrected chi connectivity index (χ4v) is 5.23. The lowest BCUT2D eigenvalue weighted by molar-refractivity contribution is 0.0597. The van der Waals surface area contributed by atoms with Crippen LogP contribution >= 0.6 is 0 Å². The number of ether oxygens (including phenoxy) is 2. The lowest BCUT2D eigenvalue weighted by Crippen LogP contribution is -2.27. The molecule has 4 heterocycles. The summed E-state index contributed by atoms with van der Waals surface area (Å²) in [6.45, 7) is 3.27. The highest BCUT2D eigenvalue weighted by Crippen LogP contribution is 2.32. The van der Waals surface area contributed by atoms with E-state index in [1.807, 2.05) is 42.6 Å². The average Bonchev–Trinajstić information content (AvgIpc) is 3.66. The van der Waals surface area contributed by atoms with E-state index in [1.54, 1.807) is 23.0 Å². The first-order valence-electron chi connectivity index (χ1n) is 13.5. The number of hydrogen-bond donors (Lipinski definition) is 2. The number of pyridine rings is 2. The van der Waals surface area contributed by atoms with Gasteiger partial charge in [0.1, 0.15) is 29.3 Å². The number of nitrogens with zero attached hydrogens (tertiary/aromatic N) is 5. The summed E-state index contributed by atoms with van der Waals surface area (Å²) >= 11 is 0. The Morgan fingerprint density at radius 2 is 1.83 bits per heavy atom. The predicted octanol–water partition coefficient (Wildman–Crippen LogP) is 6.06.